The van der Waals surface area contributed by atoms with E-state index in [1.807, 2.05) is 6.92 Å². The molecule has 5 heteroatoms. The van der Waals surface area contributed by atoms with E-state index in [0.717, 1.165) is 23.7 Å². The smallest absolute Gasteiger partial charge is 0.305 e. The molecule has 2 heterocycles. The van der Waals surface area contributed by atoms with Crippen molar-refractivity contribution >= 4 is 17.3 Å². The molecule has 2 rings (SSSR count). The summed E-state index contributed by atoms with van der Waals surface area (Å²) in [7, 11) is 0. The lowest BCUT2D eigenvalue weighted by Crippen LogP contribution is -2.30. The minimum Gasteiger partial charge on any atom is -0.481 e. The van der Waals surface area contributed by atoms with Gasteiger partial charge in [0, 0.05) is 11.4 Å². The largest absolute Gasteiger partial charge is 0.481 e. The van der Waals surface area contributed by atoms with E-state index < -0.39 is 5.97 Å². The van der Waals surface area contributed by atoms with Crippen molar-refractivity contribution in [3.8, 4) is 0 Å². The number of aromatic nitrogens is 1. The van der Waals surface area contributed by atoms with Gasteiger partial charge < -0.3 is 10.4 Å². The number of aliphatic carboxylic acids is 1. The highest BCUT2D eigenvalue weighted by Crippen LogP contribution is 2.29. The molecule has 0 saturated heterocycles. The van der Waals surface area contributed by atoms with Gasteiger partial charge in [0.05, 0.1) is 23.2 Å². The number of aryl methyl sites for hydroxylation is 1. The summed E-state index contributed by atoms with van der Waals surface area (Å²) in [5.41, 5.74) is 0.946. The molecule has 76 valence electrons. The number of rotatable bonds is 2. The number of carboxylic acids is 1. The van der Waals surface area contributed by atoms with E-state index in [2.05, 4.69) is 10.3 Å². The predicted molar refractivity (Wildman–Crippen MR) is 53.6 cm³/mol. The van der Waals surface area contributed by atoms with Gasteiger partial charge in [-0.3, -0.25) is 4.79 Å². The number of fused-ring (bicyclic) bond motifs is 1. The first-order valence-electron chi connectivity index (χ1n) is 4.58. The van der Waals surface area contributed by atoms with Crippen molar-refractivity contribution in [2.24, 2.45) is 0 Å². The van der Waals surface area contributed by atoms with Crippen LogP contribution in [0.15, 0.2) is 0 Å². The topological polar surface area (TPSA) is 62.2 Å². The van der Waals surface area contributed by atoms with Crippen molar-refractivity contribution in [1.82, 2.24) is 10.3 Å². The fourth-order valence-corrected chi connectivity index (χ4v) is 2.73. The van der Waals surface area contributed by atoms with Gasteiger partial charge in [-0.15, -0.1) is 11.3 Å². The van der Waals surface area contributed by atoms with Crippen LogP contribution in [0.3, 0.4) is 0 Å². The maximum atomic E-state index is 10.6. The summed E-state index contributed by atoms with van der Waals surface area (Å²) >= 11 is 1.68. The molecule has 0 fully saturated rings. The third kappa shape index (κ3) is 1.78. The van der Waals surface area contributed by atoms with Crippen LogP contribution in [0.1, 0.15) is 28.0 Å². The average molecular weight is 212 g/mol. The van der Waals surface area contributed by atoms with Gasteiger partial charge in [0.1, 0.15) is 0 Å². The minimum absolute atomic E-state index is 0.0961. The average Bonchev–Trinajstić information content (AvgIpc) is 2.45. The van der Waals surface area contributed by atoms with Crippen LogP contribution in [-0.2, 0) is 11.2 Å². The summed E-state index contributed by atoms with van der Waals surface area (Å²) in [6, 6.07) is -0.0961. The lowest BCUT2D eigenvalue weighted by atomic mass is 10.0. The zero-order chi connectivity index (χ0) is 10.1. The summed E-state index contributed by atoms with van der Waals surface area (Å²) in [4.78, 5) is 16.2. The summed E-state index contributed by atoms with van der Waals surface area (Å²) in [6.45, 7) is 2.81. The van der Waals surface area contributed by atoms with E-state index in [1.165, 1.54) is 4.88 Å². The SMILES string of the molecule is Cc1nc2c(s1)CCNC2CC(=O)O. The second kappa shape index (κ2) is 3.67. The van der Waals surface area contributed by atoms with Crippen LogP contribution >= 0.6 is 11.3 Å². The van der Waals surface area contributed by atoms with Gasteiger partial charge in [0.2, 0.25) is 0 Å². The van der Waals surface area contributed by atoms with Crippen molar-refractivity contribution in [2.45, 2.75) is 25.8 Å². The summed E-state index contributed by atoms with van der Waals surface area (Å²) in [5.74, 6) is -0.777. The molecule has 1 aliphatic rings. The fourth-order valence-electron chi connectivity index (χ4n) is 1.74. The van der Waals surface area contributed by atoms with Crippen LogP contribution in [0.25, 0.3) is 0 Å². The molecule has 0 aromatic carbocycles. The third-order valence-corrected chi connectivity index (χ3v) is 3.33. The first-order chi connectivity index (χ1) is 6.66. The number of carboxylic acid groups (broad SMARTS) is 1. The maximum Gasteiger partial charge on any atom is 0.305 e. The number of nitrogens with zero attached hydrogens (tertiary/aromatic N) is 1. The third-order valence-electron chi connectivity index (χ3n) is 2.29. The van der Waals surface area contributed by atoms with E-state index in [0.29, 0.717) is 0 Å². The van der Waals surface area contributed by atoms with E-state index >= 15 is 0 Å². The standard InChI is InChI=1S/C9H12N2O2S/c1-5-11-9-6(4-8(12)13)10-3-2-7(9)14-5/h6,10H,2-4H2,1H3,(H,12,13). The monoisotopic (exact) mass is 212 g/mol. The first kappa shape index (κ1) is 9.61. The van der Waals surface area contributed by atoms with Gasteiger partial charge in [0.15, 0.2) is 0 Å². The van der Waals surface area contributed by atoms with Crippen molar-refractivity contribution in [3.05, 3.63) is 15.6 Å². The zero-order valence-electron chi connectivity index (χ0n) is 7.91. The van der Waals surface area contributed by atoms with Gasteiger partial charge >= 0.3 is 5.97 Å². The Morgan fingerprint density at radius 1 is 1.79 bits per heavy atom. The van der Waals surface area contributed by atoms with Gasteiger partial charge in [0.25, 0.3) is 0 Å². The summed E-state index contributed by atoms with van der Waals surface area (Å²) in [5, 5.41) is 12.9. The van der Waals surface area contributed by atoms with Crippen LogP contribution in [-0.4, -0.2) is 22.6 Å². The molecule has 1 unspecified atom stereocenters. The number of carbonyl (C=O) groups is 1. The molecule has 0 spiro atoms. The molecule has 4 nitrogen and oxygen atoms in total. The van der Waals surface area contributed by atoms with Gasteiger partial charge in [-0.2, -0.15) is 0 Å². The highest BCUT2D eigenvalue weighted by Gasteiger charge is 2.25. The number of nitrogens with one attached hydrogen (secondary N) is 1. The Morgan fingerprint density at radius 2 is 2.57 bits per heavy atom. The van der Waals surface area contributed by atoms with Crippen LogP contribution in [0.5, 0.6) is 0 Å². The maximum absolute atomic E-state index is 10.6. The molecular formula is C9H12N2O2S. The van der Waals surface area contributed by atoms with E-state index in [4.69, 9.17) is 5.11 Å². The number of hydrogen-bond acceptors (Lipinski definition) is 4. The van der Waals surface area contributed by atoms with Crippen LogP contribution in [0.2, 0.25) is 0 Å². The molecule has 1 aromatic rings. The molecule has 0 aliphatic carbocycles. The quantitative estimate of drug-likeness (QED) is 0.771. The second-order valence-corrected chi connectivity index (χ2v) is 4.68. The molecule has 1 atom stereocenters. The van der Waals surface area contributed by atoms with E-state index in [9.17, 15) is 4.79 Å². The van der Waals surface area contributed by atoms with E-state index in [-0.39, 0.29) is 12.5 Å². The molecule has 0 amide bonds. The highest BCUT2D eigenvalue weighted by atomic mass is 32.1. The first-order valence-corrected chi connectivity index (χ1v) is 5.40. The molecule has 14 heavy (non-hydrogen) atoms. The van der Waals surface area contributed by atoms with Crippen LogP contribution in [0.4, 0.5) is 0 Å². The summed E-state index contributed by atoms with van der Waals surface area (Å²) in [6.07, 6.45) is 1.09. The Labute approximate surface area is 86.0 Å². The Kier molecular flexibility index (Phi) is 2.52. The normalized spacial score (nSPS) is 20.5. The molecule has 0 bridgehead atoms. The Bertz CT molecular complexity index is 362. The Balaban J connectivity index is 2.25. The van der Waals surface area contributed by atoms with Crippen molar-refractivity contribution in [2.75, 3.05) is 6.54 Å². The molecule has 2 N–H and O–H groups in total. The lowest BCUT2D eigenvalue weighted by molar-refractivity contribution is -0.137. The van der Waals surface area contributed by atoms with Crippen LogP contribution in [0, 0.1) is 6.92 Å². The lowest BCUT2D eigenvalue weighted by Gasteiger charge is -2.21. The number of hydrogen-bond donors (Lipinski definition) is 2. The molecular weight excluding hydrogens is 200 g/mol. The Morgan fingerprint density at radius 3 is 3.29 bits per heavy atom. The molecule has 1 aliphatic heterocycles. The molecule has 0 saturated carbocycles. The van der Waals surface area contributed by atoms with Crippen LogP contribution < -0.4 is 5.32 Å². The van der Waals surface area contributed by atoms with Crippen molar-refractivity contribution in [3.63, 3.8) is 0 Å². The Hall–Kier alpha value is -0.940. The van der Waals surface area contributed by atoms with E-state index in [1.54, 1.807) is 11.3 Å². The van der Waals surface area contributed by atoms with Gasteiger partial charge in [-0.25, -0.2) is 4.98 Å². The fraction of sp³-hybridized carbons (Fsp3) is 0.556. The number of thiazole rings is 1. The second-order valence-electron chi connectivity index (χ2n) is 3.40. The molecule has 1 aromatic heterocycles. The van der Waals surface area contributed by atoms with Gasteiger partial charge in [-0.05, 0) is 13.3 Å². The molecule has 0 radical (unpaired) electrons. The predicted octanol–water partition coefficient (Wildman–Crippen LogP) is 1.11. The zero-order valence-corrected chi connectivity index (χ0v) is 8.73. The van der Waals surface area contributed by atoms with Gasteiger partial charge in [-0.1, -0.05) is 0 Å². The van der Waals surface area contributed by atoms with Crippen molar-refractivity contribution < 1.29 is 9.90 Å². The highest BCUT2D eigenvalue weighted by molar-refractivity contribution is 7.11. The van der Waals surface area contributed by atoms with Crippen molar-refractivity contribution in [1.29, 1.82) is 0 Å². The minimum atomic E-state index is -0.777. The summed E-state index contributed by atoms with van der Waals surface area (Å²) < 4.78 is 0.